The van der Waals surface area contributed by atoms with Crippen molar-refractivity contribution in [2.45, 2.75) is 18.9 Å². The lowest BCUT2D eigenvalue weighted by atomic mass is 9.72. The van der Waals surface area contributed by atoms with Gasteiger partial charge in [0, 0.05) is 30.9 Å². The maximum Gasteiger partial charge on any atom is 0.314 e. The first-order chi connectivity index (χ1) is 13.5. The van der Waals surface area contributed by atoms with Crippen LogP contribution in [-0.4, -0.2) is 45.3 Å². The van der Waals surface area contributed by atoms with Gasteiger partial charge in [0.05, 0.1) is 11.6 Å². The largest absolute Gasteiger partial charge is 0.481 e. The van der Waals surface area contributed by atoms with Crippen LogP contribution in [0.1, 0.15) is 12.0 Å². The zero-order chi connectivity index (χ0) is 19.7. The first-order valence-electron chi connectivity index (χ1n) is 9.10. The van der Waals surface area contributed by atoms with Gasteiger partial charge >= 0.3 is 5.97 Å². The Labute approximate surface area is 161 Å². The van der Waals surface area contributed by atoms with Crippen LogP contribution in [0.5, 0.6) is 0 Å². The van der Waals surface area contributed by atoms with Gasteiger partial charge < -0.3 is 15.1 Å². The molecule has 0 radical (unpaired) electrons. The third-order valence-electron chi connectivity index (χ3n) is 5.45. The quantitative estimate of drug-likeness (QED) is 0.723. The number of halogens is 1. The van der Waals surface area contributed by atoms with Crippen LogP contribution in [0.4, 0.5) is 10.2 Å². The third kappa shape index (κ3) is 3.18. The summed E-state index contributed by atoms with van der Waals surface area (Å²) in [6, 6.07) is 11.2. The number of nitrogens with zero attached hydrogens (tertiary/aromatic N) is 3. The minimum atomic E-state index is -1.41. The highest BCUT2D eigenvalue weighted by Gasteiger charge is 2.49. The minimum Gasteiger partial charge on any atom is -0.481 e. The first kappa shape index (κ1) is 18.3. The molecule has 0 amide bonds. The summed E-state index contributed by atoms with van der Waals surface area (Å²) >= 11 is 0. The lowest BCUT2D eigenvalue weighted by molar-refractivity contribution is -0.157. The van der Waals surface area contributed by atoms with Crippen LogP contribution in [0, 0.1) is 11.2 Å². The van der Waals surface area contributed by atoms with Crippen LogP contribution in [-0.2, 0) is 11.2 Å². The minimum absolute atomic E-state index is 0.0991. The van der Waals surface area contributed by atoms with E-state index in [2.05, 4.69) is 9.97 Å². The maximum absolute atomic E-state index is 13.2. The number of benzene rings is 1. The Bertz CT molecular complexity index is 1010. The van der Waals surface area contributed by atoms with E-state index in [0.29, 0.717) is 24.3 Å². The summed E-state index contributed by atoms with van der Waals surface area (Å²) in [4.78, 5) is 23.0. The fourth-order valence-corrected chi connectivity index (χ4v) is 3.93. The second kappa shape index (κ2) is 7.16. The molecule has 0 saturated carbocycles. The lowest BCUT2D eigenvalue weighted by Gasteiger charge is -2.44. The second-order valence-corrected chi connectivity index (χ2v) is 7.20. The number of carboxylic acid groups (broad SMARTS) is 1. The molecule has 3 heterocycles. The summed E-state index contributed by atoms with van der Waals surface area (Å²) in [6.45, 7) is 0.586. The van der Waals surface area contributed by atoms with Crippen LogP contribution in [0.2, 0.25) is 0 Å². The van der Waals surface area contributed by atoms with Gasteiger partial charge in [-0.1, -0.05) is 12.1 Å². The number of aromatic nitrogens is 2. The summed E-state index contributed by atoms with van der Waals surface area (Å²) in [7, 11) is 0. The van der Waals surface area contributed by atoms with E-state index in [9.17, 15) is 19.4 Å². The molecule has 2 atom stereocenters. The number of anilines is 1. The number of carboxylic acids is 1. The number of aliphatic hydroxyl groups is 1. The number of hydrogen-bond donors (Lipinski definition) is 2. The van der Waals surface area contributed by atoms with E-state index in [1.54, 1.807) is 30.6 Å². The van der Waals surface area contributed by atoms with Gasteiger partial charge in [0.1, 0.15) is 17.1 Å². The van der Waals surface area contributed by atoms with Crippen LogP contribution in [0.3, 0.4) is 0 Å². The predicted molar refractivity (Wildman–Crippen MR) is 103 cm³/mol. The van der Waals surface area contributed by atoms with Gasteiger partial charge in [0.25, 0.3) is 0 Å². The Kier molecular flexibility index (Phi) is 4.68. The number of pyridine rings is 2. The number of aliphatic hydroxyl groups excluding tert-OH is 1. The molecule has 6 nitrogen and oxygen atoms in total. The van der Waals surface area contributed by atoms with E-state index in [-0.39, 0.29) is 18.8 Å². The maximum atomic E-state index is 13.2. The molecule has 0 unspecified atom stereocenters. The van der Waals surface area contributed by atoms with Gasteiger partial charge in [-0.05, 0) is 48.7 Å². The van der Waals surface area contributed by atoms with Gasteiger partial charge in [-0.3, -0.25) is 9.78 Å². The zero-order valence-corrected chi connectivity index (χ0v) is 15.1. The van der Waals surface area contributed by atoms with Crippen molar-refractivity contribution in [3.8, 4) is 0 Å². The number of fused-ring (bicyclic) bond motifs is 1. The van der Waals surface area contributed by atoms with E-state index in [1.807, 2.05) is 17.0 Å². The molecule has 1 aliphatic rings. The molecule has 0 bridgehead atoms. The Morgan fingerprint density at radius 2 is 1.96 bits per heavy atom. The van der Waals surface area contributed by atoms with Crippen molar-refractivity contribution in [3.63, 3.8) is 0 Å². The van der Waals surface area contributed by atoms with E-state index < -0.39 is 17.5 Å². The topological polar surface area (TPSA) is 86.5 Å². The highest BCUT2D eigenvalue weighted by molar-refractivity contribution is 5.89. The Morgan fingerprint density at radius 1 is 1.18 bits per heavy atom. The molecule has 4 rings (SSSR count). The summed E-state index contributed by atoms with van der Waals surface area (Å²) in [5.41, 5.74) is 0.0256. The molecule has 0 aliphatic carbocycles. The van der Waals surface area contributed by atoms with E-state index in [1.165, 1.54) is 12.1 Å². The molecule has 1 aliphatic heterocycles. The van der Waals surface area contributed by atoms with Crippen molar-refractivity contribution in [2.24, 2.45) is 5.41 Å². The highest BCUT2D eigenvalue weighted by atomic mass is 19.1. The van der Waals surface area contributed by atoms with Crippen LogP contribution >= 0.6 is 0 Å². The summed E-state index contributed by atoms with van der Waals surface area (Å²) in [5.74, 6) is -0.805. The van der Waals surface area contributed by atoms with E-state index >= 15 is 0 Å². The molecule has 7 heteroatoms. The predicted octanol–water partition coefficient (Wildman–Crippen LogP) is 2.65. The molecule has 28 heavy (non-hydrogen) atoms. The van der Waals surface area contributed by atoms with Crippen molar-refractivity contribution >= 4 is 22.7 Å². The van der Waals surface area contributed by atoms with Crippen molar-refractivity contribution < 1.29 is 19.4 Å². The second-order valence-electron chi connectivity index (χ2n) is 7.20. The Hall–Kier alpha value is -3.06. The van der Waals surface area contributed by atoms with Crippen molar-refractivity contribution in [2.75, 3.05) is 18.0 Å². The number of aliphatic carboxylic acids is 1. The lowest BCUT2D eigenvalue weighted by Crippen LogP contribution is -2.57. The number of piperidine rings is 1. The monoisotopic (exact) mass is 381 g/mol. The molecule has 3 aromatic rings. The molecular formula is C21H20FN3O3. The number of rotatable bonds is 4. The Balaban J connectivity index is 1.72. The van der Waals surface area contributed by atoms with E-state index in [0.717, 1.165) is 10.9 Å². The molecule has 2 aromatic heterocycles. The van der Waals surface area contributed by atoms with Gasteiger partial charge in [0.15, 0.2) is 0 Å². The SMILES string of the molecule is O=C(O)[C@]1(Cc2ccc(F)cc2)CN(c2nccc3ncccc23)CC[C@@H]1O. The highest BCUT2D eigenvalue weighted by Crippen LogP contribution is 2.37. The normalized spacial score (nSPS) is 22.4. The number of hydrogen-bond acceptors (Lipinski definition) is 5. The summed E-state index contributed by atoms with van der Waals surface area (Å²) in [6.07, 6.45) is 2.73. The van der Waals surface area contributed by atoms with Crippen LogP contribution in [0.25, 0.3) is 10.9 Å². The molecular weight excluding hydrogens is 361 g/mol. The van der Waals surface area contributed by atoms with E-state index in [4.69, 9.17) is 0 Å². The molecule has 0 spiro atoms. The third-order valence-corrected chi connectivity index (χ3v) is 5.45. The standard InChI is InChI=1S/C21H20FN3O3/c22-15-5-3-14(4-6-15)12-21(20(27)28)13-25(11-8-18(21)26)19-16-2-1-9-23-17(16)7-10-24-19/h1-7,9-10,18,26H,8,11-13H2,(H,27,28)/t18-,21+/m0/s1. The first-order valence-corrected chi connectivity index (χ1v) is 9.10. The zero-order valence-electron chi connectivity index (χ0n) is 15.1. The summed E-state index contributed by atoms with van der Waals surface area (Å²) in [5, 5.41) is 21.6. The molecule has 1 saturated heterocycles. The molecule has 1 aromatic carbocycles. The van der Waals surface area contributed by atoms with Gasteiger partial charge in [0.2, 0.25) is 0 Å². The molecule has 144 valence electrons. The fraction of sp³-hybridized carbons (Fsp3) is 0.286. The Morgan fingerprint density at radius 3 is 2.71 bits per heavy atom. The smallest absolute Gasteiger partial charge is 0.314 e. The van der Waals surface area contributed by atoms with Gasteiger partial charge in [-0.2, -0.15) is 0 Å². The molecule has 2 N–H and O–H groups in total. The average Bonchev–Trinajstić information content (AvgIpc) is 2.71. The van der Waals surface area contributed by atoms with Gasteiger partial charge in [-0.25, -0.2) is 9.37 Å². The van der Waals surface area contributed by atoms with Crippen LogP contribution < -0.4 is 4.90 Å². The van der Waals surface area contributed by atoms with Crippen molar-refractivity contribution in [3.05, 3.63) is 66.2 Å². The van der Waals surface area contributed by atoms with Crippen molar-refractivity contribution in [1.29, 1.82) is 0 Å². The molecule has 1 fully saturated rings. The summed E-state index contributed by atoms with van der Waals surface area (Å²) < 4.78 is 13.2. The van der Waals surface area contributed by atoms with Crippen molar-refractivity contribution in [1.82, 2.24) is 9.97 Å². The number of carbonyl (C=O) groups is 1. The van der Waals surface area contributed by atoms with Crippen LogP contribution in [0.15, 0.2) is 54.9 Å². The van der Waals surface area contributed by atoms with Gasteiger partial charge in [-0.15, -0.1) is 0 Å². The average molecular weight is 381 g/mol. The fourth-order valence-electron chi connectivity index (χ4n) is 3.93.